The first-order valence-corrected chi connectivity index (χ1v) is 13.2. The summed E-state index contributed by atoms with van der Waals surface area (Å²) < 4.78 is 43.4. The second-order valence-corrected chi connectivity index (χ2v) is 11.2. The zero-order valence-corrected chi connectivity index (χ0v) is 21.0. The van der Waals surface area contributed by atoms with E-state index >= 15 is 0 Å². The van der Waals surface area contributed by atoms with Crippen molar-refractivity contribution < 1.29 is 17.6 Å². The molecule has 0 aliphatic carbocycles. The molecule has 1 fully saturated rings. The number of hydrogen-bond acceptors (Lipinski definition) is 4. The van der Waals surface area contributed by atoms with E-state index in [2.05, 4.69) is 24.1 Å². The maximum absolute atomic E-state index is 13.9. The number of piperidine rings is 1. The van der Waals surface area contributed by atoms with Crippen LogP contribution in [0, 0.1) is 11.7 Å². The lowest BCUT2D eigenvalue weighted by atomic mass is 9.96. The minimum absolute atomic E-state index is 0.194. The highest BCUT2D eigenvalue weighted by Crippen LogP contribution is 2.27. The highest BCUT2D eigenvalue weighted by atomic mass is 32.2. The number of aromatic nitrogens is 2. The van der Waals surface area contributed by atoms with Crippen molar-refractivity contribution in [3.8, 4) is 0 Å². The maximum Gasteiger partial charge on any atom is 0.243 e. The molecule has 1 atom stereocenters. The van der Waals surface area contributed by atoms with Gasteiger partial charge in [0.15, 0.2) is 0 Å². The number of hydrogen-bond donors (Lipinski definition) is 1. The number of aryl methyl sites for hydroxylation is 1. The van der Waals surface area contributed by atoms with E-state index in [0.29, 0.717) is 30.1 Å². The number of rotatable bonds is 7. The molecule has 1 unspecified atom stereocenters. The minimum Gasteiger partial charge on any atom is -0.342 e. The zero-order chi connectivity index (χ0) is 25.2. The van der Waals surface area contributed by atoms with Crippen molar-refractivity contribution in [3.05, 3.63) is 83.7 Å². The van der Waals surface area contributed by atoms with Gasteiger partial charge in [-0.05, 0) is 54.2 Å². The van der Waals surface area contributed by atoms with Gasteiger partial charge >= 0.3 is 0 Å². The monoisotopic (exact) mass is 498 g/mol. The van der Waals surface area contributed by atoms with Crippen molar-refractivity contribution in [1.82, 2.24) is 19.2 Å². The van der Waals surface area contributed by atoms with Gasteiger partial charge in [0.05, 0.1) is 4.90 Å². The van der Waals surface area contributed by atoms with E-state index in [-0.39, 0.29) is 29.8 Å². The fourth-order valence-electron chi connectivity index (χ4n) is 4.43. The molecule has 1 aliphatic heterocycles. The van der Waals surface area contributed by atoms with Crippen LogP contribution in [-0.4, -0.2) is 41.3 Å². The smallest absolute Gasteiger partial charge is 0.243 e. The minimum atomic E-state index is -3.62. The molecule has 9 heteroatoms. The van der Waals surface area contributed by atoms with E-state index in [1.807, 2.05) is 19.2 Å². The lowest BCUT2D eigenvalue weighted by molar-refractivity contribution is -0.126. The number of halogens is 1. The Hall–Kier alpha value is -3.04. The number of nitrogens with zero attached hydrogens (tertiary/aromatic N) is 3. The molecule has 186 valence electrons. The van der Waals surface area contributed by atoms with Gasteiger partial charge in [-0.1, -0.05) is 38.1 Å². The van der Waals surface area contributed by atoms with E-state index in [0.717, 1.165) is 5.56 Å². The van der Waals surface area contributed by atoms with Crippen LogP contribution >= 0.6 is 0 Å². The van der Waals surface area contributed by atoms with Gasteiger partial charge in [0.25, 0.3) is 0 Å². The molecule has 1 N–H and O–H groups in total. The first kappa shape index (κ1) is 25.1. The molecule has 3 aromatic rings. The van der Waals surface area contributed by atoms with Crippen LogP contribution in [0.15, 0.2) is 65.8 Å². The van der Waals surface area contributed by atoms with Crippen LogP contribution in [0.25, 0.3) is 0 Å². The van der Waals surface area contributed by atoms with Gasteiger partial charge in [0, 0.05) is 38.4 Å². The molecule has 0 saturated carbocycles. The largest absolute Gasteiger partial charge is 0.342 e. The lowest BCUT2D eigenvalue weighted by Gasteiger charge is -2.31. The molecule has 0 radical (unpaired) electrons. The molecule has 2 heterocycles. The maximum atomic E-state index is 13.9. The average Bonchev–Trinajstić information content (AvgIpc) is 3.28. The normalized spacial score (nSPS) is 16.4. The first-order chi connectivity index (χ1) is 16.7. The fraction of sp³-hybridized carbons (Fsp3) is 0.385. The standard InChI is InChI=1S/C26H31FN4O3S/c1-18(2)19-7-9-23(10-8-19)35(33,34)31-14-11-20(12-15-31)26(32)29-24(25-28-13-16-30(25)3)21-5-4-6-22(27)17-21/h4-10,13,16-18,20,24H,11-12,14-15H2,1-3H3,(H,29,32). The third-order valence-electron chi connectivity index (χ3n) is 6.59. The molecule has 1 aromatic heterocycles. The Bertz CT molecular complexity index is 1280. The van der Waals surface area contributed by atoms with Gasteiger partial charge in [-0.15, -0.1) is 0 Å². The van der Waals surface area contributed by atoms with Crippen molar-refractivity contribution in [1.29, 1.82) is 0 Å². The van der Waals surface area contributed by atoms with Crippen LogP contribution in [-0.2, 0) is 21.9 Å². The molecule has 7 nitrogen and oxygen atoms in total. The van der Waals surface area contributed by atoms with Crippen LogP contribution in [0.1, 0.15) is 55.6 Å². The van der Waals surface area contributed by atoms with Crippen molar-refractivity contribution in [2.45, 2.75) is 43.5 Å². The molecular weight excluding hydrogens is 467 g/mol. The SMILES string of the molecule is CC(C)c1ccc(S(=O)(=O)N2CCC(C(=O)NC(c3cccc(F)c3)c3nccn3C)CC2)cc1. The number of sulfonamides is 1. The number of carbonyl (C=O) groups excluding carboxylic acids is 1. The highest BCUT2D eigenvalue weighted by Gasteiger charge is 2.33. The molecule has 1 aliphatic rings. The molecular formula is C26H31FN4O3S. The van der Waals surface area contributed by atoms with E-state index < -0.39 is 21.9 Å². The van der Waals surface area contributed by atoms with Gasteiger partial charge in [0.2, 0.25) is 15.9 Å². The molecule has 4 rings (SSSR count). The molecule has 1 saturated heterocycles. The third kappa shape index (κ3) is 5.46. The summed E-state index contributed by atoms with van der Waals surface area (Å²) in [6.07, 6.45) is 4.22. The first-order valence-electron chi connectivity index (χ1n) is 11.8. The fourth-order valence-corrected chi connectivity index (χ4v) is 5.90. The number of nitrogens with one attached hydrogen (secondary N) is 1. The zero-order valence-electron chi connectivity index (χ0n) is 20.2. The second-order valence-electron chi connectivity index (χ2n) is 9.30. The molecule has 1 amide bonds. The van der Waals surface area contributed by atoms with Crippen LogP contribution in [0.2, 0.25) is 0 Å². The molecule has 0 spiro atoms. The Kier molecular flexibility index (Phi) is 7.37. The number of benzene rings is 2. The van der Waals surface area contributed by atoms with Gasteiger partial charge in [-0.2, -0.15) is 4.31 Å². The highest BCUT2D eigenvalue weighted by molar-refractivity contribution is 7.89. The van der Waals surface area contributed by atoms with E-state index in [1.165, 1.54) is 16.4 Å². The van der Waals surface area contributed by atoms with Crippen LogP contribution in [0.4, 0.5) is 4.39 Å². The lowest BCUT2D eigenvalue weighted by Crippen LogP contribution is -2.44. The summed E-state index contributed by atoms with van der Waals surface area (Å²) in [6, 6.07) is 12.5. The third-order valence-corrected chi connectivity index (χ3v) is 8.51. The van der Waals surface area contributed by atoms with Crippen molar-refractivity contribution >= 4 is 15.9 Å². The second kappa shape index (κ2) is 10.3. The van der Waals surface area contributed by atoms with Crippen LogP contribution in [0.3, 0.4) is 0 Å². The van der Waals surface area contributed by atoms with Gasteiger partial charge in [0.1, 0.15) is 17.7 Å². The summed E-state index contributed by atoms with van der Waals surface area (Å²) in [4.78, 5) is 17.8. The van der Waals surface area contributed by atoms with Crippen LogP contribution in [0.5, 0.6) is 0 Å². The summed E-state index contributed by atoms with van der Waals surface area (Å²) in [5.74, 6) is -0.0191. The Morgan fingerprint density at radius 1 is 1.09 bits per heavy atom. The predicted molar refractivity (Wildman–Crippen MR) is 132 cm³/mol. The van der Waals surface area contributed by atoms with E-state index in [9.17, 15) is 17.6 Å². The summed E-state index contributed by atoms with van der Waals surface area (Å²) in [6.45, 7) is 4.65. The van der Waals surface area contributed by atoms with Gasteiger partial charge in [-0.3, -0.25) is 4.79 Å². The summed E-state index contributed by atoms with van der Waals surface area (Å²) >= 11 is 0. The molecule has 2 aromatic carbocycles. The van der Waals surface area contributed by atoms with Crippen molar-refractivity contribution in [2.24, 2.45) is 13.0 Å². The summed E-state index contributed by atoms with van der Waals surface area (Å²) in [5.41, 5.74) is 1.68. The summed E-state index contributed by atoms with van der Waals surface area (Å²) in [5, 5.41) is 3.02. The van der Waals surface area contributed by atoms with Crippen molar-refractivity contribution in [2.75, 3.05) is 13.1 Å². The van der Waals surface area contributed by atoms with Gasteiger partial charge in [-0.25, -0.2) is 17.8 Å². The Balaban J connectivity index is 1.44. The number of amides is 1. The Morgan fingerprint density at radius 2 is 1.77 bits per heavy atom. The summed E-state index contributed by atoms with van der Waals surface area (Å²) in [7, 11) is -1.80. The quantitative estimate of drug-likeness (QED) is 0.534. The van der Waals surface area contributed by atoms with Gasteiger partial charge < -0.3 is 9.88 Å². The topological polar surface area (TPSA) is 84.3 Å². The number of imidazole rings is 1. The molecule has 35 heavy (non-hydrogen) atoms. The van der Waals surface area contributed by atoms with E-state index in [1.54, 1.807) is 41.2 Å². The Labute approximate surface area is 206 Å². The van der Waals surface area contributed by atoms with Crippen LogP contribution < -0.4 is 5.32 Å². The Morgan fingerprint density at radius 3 is 2.34 bits per heavy atom. The predicted octanol–water partition coefficient (Wildman–Crippen LogP) is 3.99. The van der Waals surface area contributed by atoms with Crippen molar-refractivity contribution in [3.63, 3.8) is 0 Å². The average molecular weight is 499 g/mol. The number of carbonyl (C=O) groups is 1. The molecule has 0 bridgehead atoms. The van der Waals surface area contributed by atoms with E-state index in [4.69, 9.17) is 0 Å².